The molecular weight excluding hydrogens is 724 g/mol. The highest BCUT2D eigenvalue weighted by atomic mass is 127. The third-order valence-electron chi connectivity index (χ3n) is 7.74. The molecule has 0 spiro atoms. The zero-order valence-corrected chi connectivity index (χ0v) is 29.2. The van der Waals surface area contributed by atoms with Gasteiger partial charge in [-0.25, -0.2) is 4.99 Å². The van der Waals surface area contributed by atoms with Crippen LogP contribution in [0.2, 0.25) is 5.04 Å². The maximum absolute atomic E-state index is 7.16. The minimum Gasteiger partial charge on any atom is -0.469 e. The summed E-state index contributed by atoms with van der Waals surface area (Å²) in [5, 5.41) is 2.37. The number of aliphatic imine (C=N–C) groups is 1. The largest absolute Gasteiger partial charge is 0.469 e. The number of ether oxygens (including phenoxy) is 3. The molecule has 0 saturated carbocycles. The van der Waals surface area contributed by atoms with Crippen LogP contribution in [0.1, 0.15) is 39.0 Å². The van der Waals surface area contributed by atoms with Crippen molar-refractivity contribution >= 4 is 82.0 Å². The molecule has 0 bridgehead atoms. The number of halogens is 4. The molecule has 0 aromatic heterocycles. The third-order valence-corrected chi connectivity index (χ3v) is 14.6. The van der Waals surface area contributed by atoms with E-state index < -0.39 is 24.5 Å². The first-order valence-electron chi connectivity index (χ1n) is 14.0. The van der Waals surface area contributed by atoms with Crippen LogP contribution < -0.4 is 10.4 Å². The van der Waals surface area contributed by atoms with E-state index in [0.29, 0.717) is 13.2 Å². The van der Waals surface area contributed by atoms with Crippen molar-refractivity contribution in [2.45, 2.75) is 64.5 Å². The molecule has 0 aliphatic carbocycles. The van der Waals surface area contributed by atoms with Gasteiger partial charge in [0, 0.05) is 16.1 Å². The molecule has 0 amide bonds. The third kappa shape index (κ3) is 6.89. The fraction of sp³-hybridized carbons (Fsp3) is 0.406. The van der Waals surface area contributed by atoms with Crippen LogP contribution in [0.15, 0.2) is 96.0 Å². The van der Waals surface area contributed by atoms with E-state index in [1.54, 1.807) is 0 Å². The Morgan fingerprint density at radius 3 is 1.98 bits per heavy atom. The molecule has 5 rings (SSSR count). The number of fused-ring (bicyclic) bond motifs is 1. The zero-order chi connectivity index (χ0) is 30.0. The summed E-state index contributed by atoms with van der Waals surface area (Å²) in [5.41, 5.74) is 0.936. The van der Waals surface area contributed by atoms with Crippen LogP contribution in [0.25, 0.3) is 0 Å². The van der Waals surface area contributed by atoms with E-state index in [0.717, 1.165) is 12.0 Å². The van der Waals surface area contributed by atoms with E-state index >= 15 is 0 Å². The molecule has 10 heteroatoms. The molecule has 2 aliphatic heterocycles. The maximum Gasteiger partial charge on any atom is 0.266 e. The highest BCUT2D eigenvalue weighted by molar-refractivity contribution is 14.1. The zero-order valence-electron chi connectivity index (χ0n) is 23.8. The maximum atomic E-state index is 7.16. The van der Waals surface area contributed by atoms with Gasteiger partial charge in [-0.3, -0.25) is 0 Å². The Balaban J connectivity index is 1.41. The van der Waals surface area contributed by atoms with Gasteiger partial charge in [0.25, 0.3) is 12.1 Å². The molecule has 0 radical (unpaired) electrons. The summed E-state index contributed by atoms with van der Waals surface area (Å²) in [6.45, 7) is 7.66. The number of rotatable bonds is 8. The van der Waals surface area contributed by atoms with E-state index in [1.165, 1.54) is 10.4 Å². The lowest BCUT2D eigenvalue weighted by Crippen LogP contribution is -2.66. The first-order valence-corrected chi connectivity index (χ1v) is 18.3. The van der Waals surface area contributed by atoms with Crippen molar-refractivity contribution in [3.05, 3.63) is 96.6 Å². The molecule has 42 heavy (non-hydrogen) atoms. The first kappa shape index (κ1) is 32.2. The van der Waals surface area contributed by atoms with Crippen molar-refractivity contribution in [2.75, 3.05) is 13.2 Å². The van der Waals surface area contributed by atoms with Crippen LogP contribution >= 0.6 is 57.4 Å². The molecule has 0 unspecified atom stereocenters. The summed E-state index contributed by atoms with van der Waals surface area (Å²) in [6.07, 6.45) is -0.640. The minimum absolute atomic E-state index is 0.00842. The summed E-state index contributed by atoms with van der Waals surface area (Å²) in [7, 11) is -2.68. The van der Waals surface area contributed by atoms with Gasteiger partial charge in [-0.2, -0.15) is 0 Å². The van der Waals surface area contributed by atoms with Crippen LogP contribution in [-0.4, -0.2) is 53.4 Å². The average Bonchev–Trinajstić information content (AvgIpc) is 2.98. The standard InChI is InChI=1S/C32H35Cl3INO4Si/c1-31(2,3)42(23-15-9-5-10-16-23,24-17-11-6-12-18-24)39-20-19-25(36)27-28-26(40-30(37-27)32(33,34)35)21-38-29(41-28)22-13-7-4-8-14-22/h4-18,25-29H,19-21H2,1-3H3/t25-,26+,27+,28-,29-/m0/s1. The number of nitrogens with zero attached hydrogens (tertiary/aromatic N) is 1. The average molecular weight is 759 g/mol. The van der Waals surface area contributed by atoms with E-state index in [1.807, 2.05) is 30.3 Å². The molecule has 3 aromatic carbocycles. The minimum atomic E-state index is -2.68. The molecular formula is C32H35Cl3INO4Si. The van der Waals surface area contributed by atoms with E-state index in [-0.39, 0.29) is 27.0 Å². The van der Waals surface area contributed by atoms with Crippen LogP contribution in [0.3, 0.4) is 0 Å². The van der Waals surface area contributed by atoms with Gasteiger partial charge in [-0.1, -0.05) is 169 Å². The van der Waals surface area contributed by atoms with Crippen molar-refractivity contribution in [1.29, 1.82) is 0 Å². The Morgan fingerprint density at radius 2 is 1.45 bits per heavy atom. The van der Waals surface area contributed by atoms with Gasteiger partial charge in [0.1, 0.15) is 6.10 Å². The molecule has 3 aromatic rings. The predicted molar refractivity (Wildman–Crippen MR) is 182 cm³/mol. The van der Waals surface area contributed by atoms with Gasteiger partial charge < -0.3 is 18.6 Å². The Labute approximate surface area is 278 Å². The van der Waals surface area contributed by atoms with Crippen molar-refractivity contribution in [1.82, 2.24) is 0 Å². The molecule has 2 heterocycles. The number of hydrogen-bond acceptors (Lipinski definition) is 5. The first-order chi connectivity index (χ1) is 20.0. The van der Waals surface area contributed by atoms with Crippen LogP contribution in [0, 0.1) is 0 Å². The van der Waals surface area contributed by atoms with Crippen molar-refractivity contribution < 1.29 is 18.6 Å². The molecule has 1 saturated heterocycles. The van der Waals surface area contributed by atoms with Gasteiger partial charge in [0.2, 0.25) is 5.90 Å². The van der Waals surface area contributed by atoms with E-state index in [9.17, 15) is 0 Å². The Bertz CT molecular complexity index is 1300. The van der Waals surface area contributed by atoms with Crippen LogP contribution in [-0.2, 0) is 18.6 Å². The Hall–Kier alpha value is -1.17. The second-order valence-electron chi connectivity index (χ2n) is 11.6. The van der Waals surface area contributed by atoms with Crippen molar-refractivity contribution in [2.24, 2.45) is 4.99 Å². The molecule has 1 fully saturated rings. The second-order valence-corrected chi connectivity index (χ2v) is 19.8. The predicted octanol–water partition coefficient (Wildman–Crippen LogP) is 7.41. The van der Waals surface area contributed by atoms with Crippen LogP contribution in [0.4, 0.5) is 0 Å². The fourth-order valence-corrected chi connectivity index (χ4v) is 11.5. The Morgan fingerprint density at radius 1 is 0.905 bits per heavy atom. The summed E-state index contributed by atoms with van der Waals surface area (Å²) in [5.74, 6) is 0.0682. The lowest BCUT2D eigenvalue weighted by atomic mass is 9.98. The fourth-order valence-electron chi connectivity index (χ4n) is 5.80. The van der Waals surface area contributed by atoms with Crippen LogP contribution in [0.5, 0.6) is 0 Å². The monoisotopic (exact) mass is 757 g/mol. The lowest BCUT2D eigenvalue weighted by molar-refractivity contribution is -0.261. The van der Waals surface area contributed by atoms with Gasteiger partial charge in [-0.15, -0.1) is 0 Å². The molecule has 0 N–H and O–H groups in total. The summed E-state index contributed by atoms with van der Waals surface area (Å²) in [6, 6.07) is 30.8. The number of hydrogen-bond donors (Lipinski definition) is 0. The summed E-state index contributed by atoms with van der Waals surface area (Å²) < 4.78 is 23.9. The SMILES string of the molecule is CC(C)(C)[Si](OCC[C@H](I)[C@H]1N=C(C(Cl)(Cl)Cl)O[C@@H]2CO[C@H](c3ccccc3)O[C@H]12)(c1ccccc1)c1ccccc1. The van der Waals surface area contributed by atoms with Crippen molar-refractivity contribution in [3.63, 3.8) is 0 Å². The van der Waals surface area contributed by atoms with Gasteiger partial charge in [-0.05, 0) is 21.8 Å². The lowest BCUT2D eigenvalue weighted by Gasteiger charge is -2.45. The number of alkyl halides is 4. The summed E-state index contributed by atoms with van der Waals surface area (Å²) in [4.78, 5) is 4.81. The molecule has 224 valence electrons. The Kier molecular flexibility index (Phi) is 10.3. The summed E-state index contributed by atoms with van der Waals surface area (Å²) >= 11 is 21.2. The molecule has 2 aliphatic rings. The van der Waals surface area contributed by atoms with E-state index in [2.05, 4.69) is 104 Å². The highest BCUT2D eigenvalue weighted by Gasteiger charge is 2.51. The topological polar surface area (TPSA) is 49.3 Å². The van der Waals surface area contributed by atoms with Gasteiger partial charge in [0.15, 0.2) is 12.4 Å². The second kappa shape index (κ2) is 13.4. The quantitative estimate of drug-likeness (QED) is 0.137. The molecule has 5 atom stereocenters. The van der Waals surface area contributed by atoms with Gasteiger partial charge >= 0.3 is 0 Å². The smallest absolute Gasteiger partial charge is 0.266 e. The van der Waals surface area contributed by atoms with Gasteiger partial charge in [0.05, 0.1) is 12.6 Å². The molecule has 5 nitrogen and oxygen atoms in total. The van der Waals surface area contributed by atoms with Crippen molar-refractivity contribution in [3.8, 4) is 0 Å². The normalized spacial score (nSPS) is 23.8. The number of benzene rings is 3. The highest BCUT2D eigenvalue weighted by Crippen LogP contribution is 2.40. The van der Waals surface area contributed by atoms with E-state index in [4.69, 9.17) is 58.4 Å².